The van der Waals surface area contributed by atoms with E-state index in [1.165, 1.54) is 23.0 Å². The van der Waals surface area contributed by atoms with E-state index < -0.39 is 6.04 Å². The molecule has 1 heterocycles. The summed E-state index contributed by atoms with van der Waals surface area (Å²) in [7, 11) is 0. The molecule has 1 atom stereocenters. The van der Waals surface area contributed by atoms with E-state index >= 15 is 0 Å². The van der Waals surface area contributed by atoms with Crippen LogP contribution in [0.5, 0.6) is 0 Å². The molecule has 6 heteroatoms. The summed E-state index contributed by atoms with van der Waals surface area (Å²) in [6.45, 7) is 1.66. The van der Waals surface area contributed by atoms with E-state index in [0.717, 1.165) is 0 Å². The van der Waals surface area contributed by atoms with Crippen molar-refractivity contribution in [3.63, 3.8) is 0 Å². The van der Waals surface area contributed by atoms with Crippen molar-refractivity contribution in [2.75, 3.05) is 0 Å². The maximum Gasteiger partial charge on any atom is 0.261 e. The second kappa shape index (κ2) is 6.14. The zero-order valence-corrected chi connectivity index (χ0v) is 13.7. The first-order chi connectivity index (χ1) is 11.0. The molecule has 3 aromatic rings. The summed E-state index contributed by atoms with van der Waals surface area (Å²) in [4.78, 5) is 29.4. The number of fused-ring (bicyclic) bond motifs is 1. The molecule has 0 N–H and O–H groups in total. The molecule has 2 aromatic carbocycles. The highest BCUT2D eigenvalue weighted by Crippen LogP contribution is 2.24. The Kier molecular flexibility index (Phi) is 4.20. The molecule has 1 aromatic heterocycles. The Morgan fingerprint density at radius 3 is 2.57 bits per heavy atom. The minimum absolute atomic E-state index is 0.165. The van der Waals surface area contributed by atoms with Crippen LogP contribution in [-0.2, 0) is 0 Å². The van der Waals surface area contributed by atoms with Crippen molar-refractivity contribution in [3.05, 3.63) is 74.8 Å². The number of carbonyl (C=O) groups excluding carboxylic acids is 1. The molecule has 0 aliphatic heterocycles. The molecule has 0 spiro atoms. The molecule has 0 aliphatic rings. The molecule has 0 bridgehead atoms. The number of ketones is 1. The summed E-state index contributed by atoms with van der Waals surface area (Å²) >= 11 is 12.0. The second-order valence-corrected chi connectivity index (χ2v) is 5.99. The Morgan fingerprint density at radius 1 is 1.17 bits per heavy atom. The molecule has 0 unspecified atom stereocenters. The summed E-state index contributed by atoms with van der Waals surface area (Å²) in [6, 6.07) is 11.2. The smallest absolute Gasteiger partial charge is 0.261 e. The van der Waals surface area contributed by atoms with Gasteiger partial charge in [0.15, 0.2) is 5.78 Å². The third kappa shape index (κ3) is 2.87. The van der Waals surface area contributed by atoms with E-state index in [1.807, 2.05) is 6.07 Å². The highest BCUT2D eigenvalue weighted by Gasteiger charge is 2.19. The lowest BCUT2D eigenvalue weighted by atomic mass is 10.1. The summed E-state index contributed by atoms with van der Waals surface area (Å²) < 4.78 is 1.30. The lowest BCUT2D eigenvalue weighted by Gasteiger charge is -2.14. The predicted octanol–water partition coefficient (Wildman–Crippen LogP) is 4.15. The van der Waals surface area contributed by atoms with Gasteiger partial charge in [-0.1, -0.05) is 53.5 Å². The second-order valence-electron chi connectivity index (χ2n) is 5.15. The molecule has 3 rings (SSSR count). The van der Waals surface area contributed by atoms with Gasteiger partial charge in [-0.2, -0.15) is 0 Å². The van der Waals surface area contributed by atoms with E-state index in [2.05, 4.69) is 4.98 Å². The first-order valence-corrected chi connectivity index (χ1v) is 7.70. The van der Waals surface area contributed by atoms with Gasteiger partial charge in [-0.3, -0.25) is 14.2 Å². The van der Waals surface area contributed by atoms with Crippen LogP contribution in [0, 0.1) is 0 Å². The first-order valence-electron chi connectivity index (χ1n) is 6.94. The largest absolute Gasteiger partial charge is 0.292 e. The third-order valence-corrected chi connectivity index (χ3v) is 4.17. The van der Waals surface area contributed by atoms with Gasteiger partial charge in [0, 0.05) is 10.6 Å². The van der Waals surface area contributed by atoms with Crippen LogP contribution in [0.2, 0.25) is 10.0 Å². The molecule has 116 valence electrons. The maximum atomic E-state index is 12.7. The van der Waals surface area contributed by atoms with Crippen LogP contribution in [-0.4, -0.2) is 15.3 Å². The van der Waals surface area contributed by atoms with Gasteiger partial charge in [-0.15, -0.1) is 0 Å². The van der Waals surface area contributed by atoms with E-state index in [4.69, 9.17) is 23.2 Å². The first kappa shape index (κ1) is 15.7. The van der Waals surface area contributed by atoms with Crippen molar-refractivity contribution in [2.24, 2.45) is 0 Å². The Morgan fingerprint density at radius 2 is 1.87 bits per heavy atom. The van der Waals surface area contributed by atoms with Crippen LogP contribution in [0.1, 0.15) is 23.3 Å². The van der Waals surface area contributed by atoms with Gasteiger partial charge in [-0.05, 0) is 19.1 Å². The van der Waals surface area contributed by atoms with E-state index in [1.54, 1.807) is 31.2 Å². The van der Waals surface area contributed by atoms with Gasteiger partial charge < -0.3 is 0 Å². The fourth-order valence-corrected chi connectivity index (χ4v) is 2.96. The van der Waals surface area contributed by atoms with Crippen molar-refractivity contribution >= 4 is 39.9 Å². The van der Waals surface area contributed by atoms with Gasteiger partial charge in [-0.25, -0.2) is 4.98 Å². The number of nitrogens with zero attached hydrogens (tertiary/aromatic N) is 2. The third-order valence-electron chi connectivity index (χ3n) is 3.66. The fourth-order valence-electron chi connectivity index (χ4n) is 2.42. The van der Waals surface area contributed by atoms with Crippen LogP contribution >= 0.6 is 23.2 Å². The standard InChI is InChI=1S/C17H12Cl2N2O2/c1-10(16(22)11-5-3-2-4-6-11)21-9-20-15-13(17(21)23)7-12(18)8-14(15)19/h2-10H,1H3/t10-/m1/s1. The average Bonchev–Trinajstić information content (AvgIpc) is 2.55. The molecule has 4 nitrogen and oxygen atoms in total. The Balaban J connectivity index is 2.12. The molecular formula is C17H12Cl2N2O2. The summed E-state index contributed by atoms with van der Waals surface area (Å²) in [5.74, 6) is -0.165. The van der Waals surface area contributed by atoms with Crippen molar-refractivity contribution < 1.29 is 4.79 Å². The molecular weight excluding hydrogens is 335 g/mol. The molecule has 0 saturated heterocycles. The summed E-state index contributed by atoms with van der Waals surface area (Å²) in [5, 5.41) is 0.942. The minimum Gasteiger partial charge on any atom is -0.292 e. The molecule has 0 saturated carbocycles. The minimum atomic E-state index is -0.681. The lowest BCUT2D eigenvalue weighted by Crippen LogP contribution is -2.28. The molecule has 0 radical (unpaired) electrons. The molecule has 0 fully saturated rings. The maximum absolute atomic E-state index is 12.7. The van der Waals surface area contributed by atoms with Gasteiger partial charge in [0.25, 0.3) is 5.56 Å². The number of benzene rings is 2. The molecule has 23 heavy (non-hydrogen) atoms. The number of Topliss-reactive ketones (excluding diaryl/α,β-unsaturated/α-hetero) is 1. The highest BCUT2D eigenvalue weighted by atomic mass is 35.5. The monoisotopic (exact) mass is 346 g/mol. The van der Waals surface area contributed by atoms with Crippen molar-refractivity contribution in [1.29, 1.82) is 0 Å². The number of carbonyl (C=O) groups is 1. The number of hydrogen-bond acceptors (Lipinski definition) is 3. The van der Waals surface area contributed by atoms with Crippen LogP contribution in [0.25, 0.3) is 10.9 Å². The topological polar surface area (TPSA) is 52.0 Å². The molecule has 0 aliphatic carbocycles. The fraction of sp³-hybridized carbons (Fsp3) is 0.118. The quantitative estimate of drug-likeness (QED) is 0.669. The van der Waals surface area contributed by atoms with Gasteiger partial charge >= 0.3 is 0 Å². The zero-order valence-electron chi connectivity index (χ0n) is 12.2. The summed E-state index contributed by atoms with van der Waals surface area (Å²) in [6.07, 6.45) is 1.34. The van der Waals surface area contributed by atoms with Gasteiger partial charge in [0.1, 0.15) is 0 Å². The van der Waals surface area contributed by atoms with Crippen molar-refractivity contribution in [1.82, 2.24) is 9.55 Å². The van der Waals surface area contributed by atoms with Gasteiger partial charge in [0.2, 0.25) is 0 Å². The van der Waals surface area contributed by atoms with Crippen molar-refractivity contribution in [3.8, 4) is 0 Å². The van der Waals surface area contributed by atoms with E-state index in [-0.39, 0.29) is 16.7 Å². The van der Waals surface area contributed by atoms with Crippen LogP contribution in [0.4, 0.5) is 0 Å². The Labute approximate surface area is 142 Å². The molecule has 0 amide bonds. The number of hydrogen-bond donors (Lipinski definition) is 0. The predicted molar refractivity (Wildman–Crippen MR) is 91.5 cm³/mol. The Hall–Kier alpha value is -2.17. The number of aromatic nitrogens is 2. The highest BCUT2D eigenvalue weighted by molar-refractivity contribution is 6.38. The SMILES string of the molecule is C[C@H](C(=O)c1ccccc1)n1cnc2c(Cl)cc(Cl)cc2c1=O. The van der Waals surface area contributed by atoms with Crippen molar-refractivity contribution in [2.45, 2.75) is 13.0 Å². The van der Waals surface area contributed by atoms with Gasteiger partial charge in [0.05, 0.1) is 28.3 Å². The Bertz CT molecular complexity index is 952. The van der Waals surface area contributed by atoms with E-state index in [9.17, 15) is 9.59 Å². The zero-order chi connectivity index (χ0) is 16.6. The van der Waals surface area contributed by atoms with Crippen LogP contribution in [0.15, 0.2) is 53.6 Å². The van der Waals surface area contributed by atoms with Crippen LogP contribution < -0.4 is 5.56 Å². The normalized spacial score (nSPS) is 12.3. The lowest BCUT2D eigenvalue weighted by molar-refractivity contribution is 0.0932. The number of rotatable bonds is 3. The van der Waals surface area contributed by atoms with E-state index in [0.29, 0.717) is 21.1 Å². The summed E-state index contributed by atoms with van der Waals surface area (Å²) in [5.41, 5.74) is 0.559. The average molecular weight is 347 g/mol. The number of halogens is 2. The van der Waals surface area contributed by atoms with Crippen LogP contribution in [0.3, 0.4) is 0 Å².